The van der Waals surface area contributed by atoms with Gasteiger partial charge in [0.1, 0.15) is 12.1 Å². The van der Waals surface area contributed by atoms with E-state index in [0.717, 1.165) is 30.4 Å². The van der Waals surface area contributed by atoms with Gasteiger partial charge in [-0.2, -0.15) is 0 Å². The van der Waals surface area contributed by atoms with Gasteiger partial charge in [0.25, 0.3) is 5.91 Å². The Morgan fingerprint density at radius 2 is 1.70 bits per heavy atom. The summed E-state index contributed by atoms with van der Waals surface area (Å²) in [5.74, 6) is -2.34. The van der Waals surface area contributed by atoms with Gasteiger partial charge < -0.3 is 26.0 Å². The van der Waals surface area contributed by atoms with Crippen molar-refractivity contribution in [2.24, 2.45) is 17.8 Å². The van der Waals surface area contributed by atoms with E-state index in [1.807, 2.05) is 31.2 Å². The largest absolute Gasteiger partial charge is 0.465 e. The van der Waals surface area contributed by atoms with Crippen molar-refractivity contribution in [2.75, 3.05) is 13.6 Å². The highest BCUT2D eigenvalue weighted by atomic mass is 16.4. The van der Waals surface area contributed by atoms with Crippen molar-refractivity contribution in [3.63, 3.8) is 0 Å². The molecule has 4 aliphatic rings. The number of likely N-dealkylation sites (N-methyl/N-ethyl adjacent to an activating group) is 1. The van der Waals surface area contributed by atoms with Crippen LogP contribution < -0.4 is 16.0 Å². The van der Waals surface area contributed by atoms with Crippen molar-refractivity contribution in [3.8, 4) is 0 Å². The van der Waals surface area contributed by atoms with Crippen LogP contribution in [-0.2, 0) is 19.2 Å². The average Bonchev–Trinajstić information content (AvgIpc) is 3.63. The van der Waals surface area contributed by atoms with Crippen LogP contribution >= 0.6 is 0 Å². The highest BCUT2D eigenvalue weighted by Gasteiger charge is 2.45. The number of nitrogens with one attached hydrogen (secondary N) is 3. The van der Waals surface area contributed by atoms with Gasteiger partial charge in [0.2, 0.25) is 17.6 Å². The van der Waals surface area contributed by atoms with Gasteiger partial charge in [-0.15, -0.1) is 0 Å². The first-order chi connectivity index (χ1) is 17.7. The van der Waals surface area contributed by atoms with E-state index >= 15 is 0 Å². The molecule has 1 aliphatic heterocycles. The summed E-state index contributed by atoms with van der Waals surface area (Å²) < 4.78 is 0. The summed E-state index contributed by atoms with van der Waals surface area (Å²) in [4.78, 5) is 65.0. The molecule has 4 amide bonds. The fourth-order valence-electron chi connectivity index (χ4n) is 5.75. The van der Waals surface area contributed by atoms with Crippen LogP contribution in [0.2, 0.25) is 0 Å². The summed E-state index contributed by atoms with van der Waals surface area (Å²) >= 11 is 0. The molecule has 4 unspecified atom stereocenters. The Hall–Kier alpha value is -3.43. The molecule has 0 aromatic rings. The highest BCUT2D eigenvalue weighted by molar-refractivity contribution is 6.38. The van der Waals surface area contributed by atoms with Gasteiger partial charge in [0, 0.05) is 13.6 Å². The average molecular weight is 513 g/mol. The maximum absolute atomic E-state index is 13.8. The van der Waals surface area contributed by atoms with Crippen molar-refractivity contribution in [3.05, 3.63) is 35.5 Å². The Balaban J connectivity index is 1.52. The first kappa shape index (κ1) is 26.6. The van der Waals surface area contributed by atoms with Gasteiger partial charge in [0.05, 0.1) is 6.04 Å². The van der Waals surface area contributed by atoms with E-state index in [9.17, 15) is 29.1 Å². The van der Waals surface area contributed by atoms with Crippen LogP contribution in [0.4, 0.5) is 4.79 Å². The number of carbonyl (C=O) groups excluding carboxylic acids is 4. The van der Waals surface area contributed by atoms with Crippen LogP contribution in [0.3, 0.4) is 0 Å². The monoisotopic (exact) mass is 512 g/mol. The molecule has 0 radical (unpaired) electrons. The van der Waals surface area contributed by atoms with Crippen LogP contribution in [0.5, 0.6) is 0 Å². The fourth-order valence-corrected chi connectivity index (χ4v) is 5.75. The maximum Gasteiger partial charge on any atom is 0.405 e. The van der Waals surface area contributed by atoms with E-state index in [4.69, 9.17) is 0 Å². The van der Waals surface area contributed by atoms with Crippen molar-refractivity contribution in [1.29, 1.82) is 0 Å². The molecule has 10 nitrogen and oxygen atoms in total. The summed E-state index contributed by atoms with van der Waals surface area (Å²) in [5.41, 5.74) is 2.28. The van der Waals surface area contributed by atoms with Crippen molar-refractivity contribution < 1.29 is 29.1 Å². The lowest BCUT2D eigenvalue weighted by atomic mass is 9.78. The van der Waals surface area contributed by atoms with Gasteiger partial charge in [-0.05, 0) is 49.9 Å². The molecular formula is C27H36N4O6. The SMILES string of the molecule is CNC(=O)C(=O)C(CC1CC1)NC(=O)C1CC(C)CN1C(=O)C(NC(=O)O)C1CC2=CC=CC=C(C2)C1. The fraction of sp³-hybridized carbons (Fsp3) is 0.593. The number of fused-ring (bicyclic) bond motifs is 2. The minimum Gasteiger partial charge on any atom is -0.465 e. The van der Waals surface area contributed by atoms with Gasteiger partial charge in [-0.25, -0.2) is 4.79 Å². The quantitative estimate of drug-likeness (QED) is 0.346. The molecule has 4 atom stereocenters. The number of likely N-dealkylation sites (tertiary alicyclic amines) is 1. The number of carboxylic acid groups (broad SMARTS) is 1. The number of allylic oxidation sites excluding steroid dienone is 6. The Morgan fingerprint density at radius 3 is 2.27 bits per heavy atom. The van der Waals surface area contributed by atoms with Crippen molar-refractivity contribution >= 4 is 29.6 Å². The molecule has 0 aromatic carbocycles. The third-order valence-electron chi connectivity index (χ3n) is 7.74. The number of rotatable bonds is 9. The van der Waals surface area contributed by atoms with E-state index in [2.05, 4.69) is 16.0 Å². The van der Waals surface area contributed by atoms with Crippen LogP contribution in [0.1, 0.15) is 51.9 Å². The van der Waals surface area contributed by atoms with E-state index in [1.54, 1.807) is 0 Å². The molecule has 200 valence electrons. The molecule has 37 heavy (non-hydrogen) atoms. The second-order valence-electron chi connectivity index (χ2n) is 10.8. The molecule has 4 rings (SSSR count). The van der Waals surface area contributed by atoms with Gasteiger partial charge in [0.15, 0.2) is 0 Å². The van der Waals surface area contributed by atoms with Gasteiger partial charge >= 0.3 is 6.09 Å². The molecule has 4 N–H and O–H groups in total. The highest BCUT2D eigenvalue weighted by Crippen LogP contribution is 2.37. The standard InChI is InChI=1S/C27H36N4O6/c1-15-9-21(24(33)29-20(13-16-7-8-16)23(32)25(34)28-2)31(14-15)26(35)22(30-27(36)37)19-11-17-5-3-4-6-18(10-17)12-19/h3-6,15-16,19-22,30H,7-14H2,1-2H3,(H,28,34)(H,29,33)(H,36,37). The Morgan fingerprint density at radius 1 is 1.05 bits per heavy atom. The Bertz CT molecular complexity index is 1040. The zero-order valence-electron chi connectivity index (χ0n) is 21.4. The maximum atomic E-state index is 13.8. The number of amides is 4. The predicted molar refractivity (Wildman–Crippen MR) is 135 cm³/mol. The molecule has 1 heterocycles. The second kappa shape index (κ2) is 11.3. The second-order valence-corrected chi connectivity index (χ2v) is 10.8. The molecule has 3 aliphatic carbocycles. The lowest BCUT2D eigenvalue weighted by Crippen LogP contribution is -2.57. The topological polar surface area (TPSA) is 145 Å². The smallest absolute Gasteiger partial charge is 0.405 e. The Kier molecular flexibility index (Phi) is 8.14. The normalized spacial score (nSPS) is 24.8. The first-order valence-corrected chi connectivity index (χ1v) is 13.1. The molecule has 0 aromatic heterocycles. The molecule has 2 saturated carbocycles. The lowest BCUT2D eigenvalue weighted by molar-refractivity contribution is -0.143. The van der Waals surface area contributed by atoms with Crippen molar-refractivity contribution in [1.82, 2.24) is 20.9 Å². The molecular weight excluding hydrogens is 476 g/mol. The van der Waals surface area contributed by atoms with Crippen LogP contribution in [0.15, 0.2) is 35.5 Å². The zero-order valence-corrected chi connectivity index (χ0v) is 21.4. The number of hydrogen-bond donors (Lipinski definition) is 4. The third-order valence-corrected chi connectivity index (χ3v) is 7.74. The Labute approximate surface area is 216 Å². The van der Waals surface area contributed by atoms with E-state index in [1.165, 1.54) is 11.9 Å². The summed E-state index contributed by atoms with van der Waals surface area (Å²) in [5, 5.41) is 17.1. The predicted octanol–water partition coefficient (Wildman–Crippen LogP) is 1.68. The minimum atomic E-state index is -1.29. The number of nitrogens with zero attached hydrogens (tertiary/aromatic N) is 1. The summed E-state index contributed by atoms with van der Waals surface area (Å²) in [6, 6.07) is -2.79. The molecule has 0 spiro atoms. The van der Waals surface area contributed by atoms with Crippen LogP contribution in [0.25, 0.3) is 0 Å². The molecule has 2 bridgehead atoms. The van der Waals surface area contributed by atoms with Crippen LogP contribution in [-0.4, -0.2) is 71.3 Å². The van der Waals surface area contributed by atoms with E-state index < -0.39 is 47.7 Å². The summed E-state index contributed by atoms with van der Waals surface area (Å²) in [6.45, 7) is 2.24. The third kappa shape index (κ3) is 6.47. The zero-order chi connectivity index (χ0) is 26.7. The minimum absolute atomic E-state index is 0.0188. The lowest BCUT2D eigenvalue weighted by Gasteiger charge is -2.35. The molecule has 3 fully saturated rings. The number of Topliss-reactive ketones (excluding diaryl/α,β-unsaturated/α-hetero) is 1. The van der Waals surface area contributed by atoms with Crippen molar-refractivity contribution in [2.45, 2.75) is 70.0 Å². The van der Waals surface area contributed by atoms with E-state index in [0.29, 0.717) is 32.2 Å². The molecule has 1 saturated heterocycles. The first-order valence-electron chi connectivity index (χ1n) is 13.1. The summed E-state index contributed by atoms with van der Waals surface area (Å²) in [7, 11) is 1.37. The van der Waals surface area contributed by atoms with Crippen LogP contribution in [0, 0.1) is 17.8 Å². The molecule has 10 heteroatoms. The number of carbonyl (C=O) groups is 5. The van der Waals surface area contributed by atoms with Gasteiger partial charge in [-0.1, -0.05) is 55.2 Å². The van der Waals surface area contributed by atoms with E-state index in [-0.39, 0.29) is 17.8 Å². The van der Waals surface area contributed by atoms with Gasteiger partial charge in [-0.3, -0.25) is 19.2 Å². The number of ketones is 1. The summed E-state index contributed by atoms with van der Waals surface area (Å²) in [6.07, 6.45) is 11.3. The number of hydrogen-bond acceptors (Lipinski definition) is 5.